The van der Waals surface area contributed by atoms with Crippen LogP contribution in [-0.4, -0.2) is 22.7 Å². The van der Waals surface area contributed by atoms with Gasteiger partial charge < -0.3 is 9.84 Å². The largest absolute Gasteiger partial charge is 0.339 e. The zero-order chi connectivity index (χ0) is 14.4. The SMILES string of the molecule is CCNC(C)CCc1nc(C2CCC(CC)CC2)no1. The fraction of sp³-hybridized carbons (Fsp3) is 0.875. The van der Waals surface area contributed by atoms with Gasteiger partial charge in [0.25, 0.3) is 0 Å². The van der Waals surface area contributed by atoms with Gasteiger partial charge in [0.05, 0.1) is 0 Å². The molecule has 1 N–H and O–H groups in total. The van der Waals surface area contributed by atoms with Gasteiger partial charge in [-0.1, -0.05) is 25.4 Å². The van der Waals surface area contributed by atoms with Crippen molar-refractivity contribution in [3.63, 3.8) is 0 Å². The lowest BCUT2D eigenvalue weighted by molar-refractivity contribution is 0.302. The number of rotatable bonds is 7. The van der Waals surface area contributed by atoms with Crippen LogP contribution in [0.2, 0.25) is 0 Å². The average Bonchev–Trinajstić information content (AvgIpc) is 2.94. The minimum absolute atomic E-state index is 0.510. The topological polar surface area (TPSA) is 51.0 Å². The van der Waals surface area contributed by atoms with Crippen molar-refractivity contribution in [1.29, 1.82) is 0 Å². The van der Waals surface area contributed by atoms with Crippen molar-refractivity contribution in [2.75, 3.05) is 6.54 Å². The van der Waals surface area contributed by atoms with Crippen molar-refractivity contribution in [1.82, 2.24) is 15.5 Å². The molecule has 0 spiro atoms. The summed E-state index contributed by atoms with van der Waals surface area (Å²) >= 11 is 0. The molecule has 1 heterocycles. The molecule has 0 aliphatic heterocycles. The molecule has 4 nitrogen and oxygen atoms in total. The van der Waals surface area contributed by atoms with E-state index in [0.717, 1.165) is 37.0 Å². The average molecular weight is 279 g/mol. The van der Waals surface area contributed by atoms with Gasteiger partial charge in [0, 0.05) is 18.4 Å². The summed E-state index contributed by atoms with van der Waals surface area (Å²) in [5, 5.41) is 7.62. The lowest BCUT2D eigenvalue weighted by Crippen LogP contribution is -2.25. The van der Waals surface area contributed by atoms with Crippen LogP contribution in [0.15, 0.2) is 4.52 Å². The molecule has 1 saturated carbocycles. The van der Waals surface area contributed by atoms with Crippen molar-refractivity contribution in [3.05, 3.63) is 11.7 Å². The third kappa shape index (κ3) is 4.30. The quantitative estimate of drug-likeness (QED) is 0.827. The number of hydrogen-bond donors (Lipinski definition) is 1. The fourth-order valence-electron chi connectivity index (χ4n) is 3.15. The standard InChI is InChI=1S/C16H29N3O/c1-4-13-7-9-14(10-8-13)16-18-15(20-19-16)11-6-12(3)17-5-2/h12-14,17H,4-11H2,1-3H3. The second-order valence-corrected chi connectivity index (χ2v) is 6.17. The molecule has 1 aromatic heterocycles. The zero-order valence-electron chi connectivity index (χ0n) is 13.2. The predicted octanol–water partition coefficient (Wildman–Crippen LogP) is 3.68. The minimum atomic E-state index is 0.510. The molecular weight excluding hydrogens is 250 g/mol. The Bertz CT molecular complexity index is 383. The molecule has 1 atom stereocenters. The van der Waals surface area contributed by atoms with Gasteiger partial charge in [-0.05, 0) is 51.5 Å². The molecule has 0 bridgehead atoms. The van der Waals surface area contributed by atoms with Gasteiger partial charge in [-0.2, -0.15) is 4.98 Å². The number of nitrogens with zero attached hydrogens (tertiary/aromatic N) is 2. The van der Waals surface area contributed by atoms with E-state index in [1.54, 1.807) is 0 Å². The first-order chi connectivity index (χ1) is 9.72. The number of aryl methyl sites for hydroxylation is 1. The van der Waals surface area contributed by atoms with Crippen molar-refractivity contribution in [3.8, 4) is 0 Å². The van der Waals surface area contributed by atoms with Gasteiger partial charge in [0.15, 0.2) is 5.82 Å². The number of nitrogens with one attached hydrogen (secondary N) is 1. The van der Waals surface area contributed by atoms with Crippen LogP contribution in [0.3, 0.4) is 0 Å². The van der Waals surface area contributed by atoms with Gasteiger partial charge >= 0.3 is 0 Å². The monoisotopic (exact) mass is 279 g/mol. The van der Waals surface area contributed by atoms with Crippen LogP contribution < -0.4 is 5.32 Å². The lowest BCUT2D eigenvalue weighted by atomic mass is 9.80. The normalized spacial score (nSPS) is 24.8. The highest BCUT2D eigenvalue weighted by atomic mass is 16.5. The second kappa shape index (κ2) is 7.77. The lowest BCUT2D eigenvalue weighted by Gasteiger charge is -2.25. The Kier molecular flexibility index (Phi) is 6.02. The predicted molar refractivity (Wildman–Crippen MR) is 80.7 cm³/mol. The Morgan fingerprint density at radius 3 is 2.65 bits per heavy atom. The first-order valence-electron chi connectivity index (χ1n) is 8.28. The Morgan fingerprint density at radius 2 is 2.00 bits per heavy atom. The van der Waals surface area contributed by atoms with Crippen molar-refractivity contribution in [2.45, 2.75) is 77.7 Å². The highest BCUT2D eigenvalue weighted by molar-refractivity contribution is 4.98. The van der Waals surface area contributed by atoms with Crippen molar-refractivity contribution in [2.24, 2.45) is 5.92 Å². The highest BCUT2D eigenvalue weighted by Crippen LogP contribution is 2.35. The van der Waals surface area contributed by atoms with Gasteiger partial charge in [0.1, 0.15) is 0 Å². The molecule has 0 saturated heterocycles. The first-order valence-corrected chi connectivity index (χ1v) is 8.28. The summed E-state index contributed by atoms with van der Waals surface area (Å²) < 4.78 is 5.41. The molecule has 1 aromatic rings. The maximum absolute atomic E-state index is 5.41. The van der Waals surface area contributed by atoms with E-state index >= 15 is 0 Å². The van der Waals surface area contributed by atoms with Crippen molar-refractivity contribution >= 4 is 0 Å². The Labute approximate surface area is 122 Å². The maximum Gasteiger partial charge on any atom is 0.226 e. The second-order valence-electron chi connectivity index (χ2n) is 6.17. The van der Waals surface area contributed by atoms with Crippen LogP contribution in [-0.2, 0) is 6.42 Å². The van der Waals surface area contributed by atoms with E-state index in [1.807, 2.05) is 0 Å². The molecule has 1 aliphatic rings. The molecule has 20 heavy (non-hydrogen) atoms. The van der Waals surface area contributed by atoms with Crippen LogP contribution in [0.5, 0.6) is 0 Å². The Morgan fingerprint density at radius 1 is 1.25 bits per heavy atom. The van der Waals surface area contributed by atoms with Crippen LogP contribution in [0.25, 0.3) is 0 Å². The molecule has 2 rings (SSSR count). The van der Waals surface area contributed by atoms with E-state index in [-0.39, 0.29) is 0 Å². The summed E-state index contributed by atoms with van der Waals surface area (Å²) in [6.45, 7) is 7.64. The van der Waals surface area contributed by atoms with Crippen LogP contribution >= 0.6 is 0 Å². The van der Waals surface area contributed by atoms with Crippen molar-refractivity contribution < 1.29 is 4.52 Å². The summed E-state index contributed by atoms with van der Waals surface area (Å²) in [5.41, 5.74) is 0. The van der Waals surface area contributed by atoms with Gasteiger partial charge in [-0.25, -0.2) is 0 Å². The maximum atomic E-state index is 5.41. The molecule has 0 radical (unpaired) electrons. The summed E-state index contributed by atoms with van der Waals surface area (Å²) in [5.74, 6) is 3.20. The van der Waals surface area contributed by atoms with E-state index in [4.69, 9.17) is 4.52 Å². The van der Waals surface area contributed by atoms with Crippen LogP contribution in [0, 0.1) is 5.92 Å². The van der Waals surface area contributed by atoms with Gasteiger partial charge in [0.2, 0.25) is 5.89 Å². The summed E-state index contributed by atoms with van der Waals surface area (Å²) in [4.78, 5) is 4.61. The van der Waals surface area contributed by atoms with Gasteiger partial charge in [-0.3, -0.25) is 0 Å². The molecule has 114 valence electrons. The first kappa shape index (κ1) is 15.5. The van der Waals surface area contributed by atoms with E-state index in [1.165, 1.54) is 32.1 Å². The van der Waals surface area contributed by atoms with Crippen LogP contribution in [0.4, 0.5) is 0 Å². The summed E-state index contributed by atoms with van der Waals surface area (Å²) in [7, 11) is 0. The minimum Gasteiger partial charge on any atom is -0.339 e. The van der Waals surface area contributed by atoms with Gasteiger partial charge in [-0.15, -0.1) is 0 Å². The molecule has 1 aliphatic carbocycles. The smallest absolute Gasteiger partial charge is 0.226 e. The molecule has 1 fully saturated rings. The van der Waals surface area contributed by atoms with E-state index < -0.39 is 0 Å². The molecule has 0 aromatic carbocycles. The molecular formula is C16H29N3O. The Hall–Kier alpha value is -0.900. The summed E-state index contributed by atoms with van der Waals surface area (Å²) in [6.07, 6.45) is 8.34. The number of aromatic nitrogens is 2. The molecule has 0 amide bonds. The Balaban J connectivity index is 1.80. The van der Waals surface area contributed by atoms with Crippen LogP contribution in [0.1, 0.15) is 76.9 Å². The summed E-state index contributed by atoms with van der Waals surface area (Å²) in [6, 6.07) is 0.510. The highest BCUT2D eigenvalue weighted by Gasteiger charge is 2.25. The van der Waals surface area contributed by atoms with E-state index in [9.17, 15) is 0 Å². The van der Waals surface area contributed by atoms with E-state index in [2.05, 4.69) is 36.2 Å². The fourth-order valence-corrected chi connectivity index (χ4v) is 3.15. The zero-order valence-corrected chi connectivity index (χ0v) is 13.2. The third-order valence-corrected chi connectivity index (χ3v) is 4.62. The molecule has 1 unspecified atom stereocenters. The van der Waals surface area contributed by atoms with E-state index in [0.29, 0.717) is 12.0 Å². The third-order valence-electron chi connectivity index (χ3n) is 4.62. The molecule has 4 heteroatoms. The number of hydrogen-bond acceptors (Lipinski definition) is 4.